The first kappa shape index (κ1) is 11.0. The van der Waals surface area contributed by atoms with Crippen LogP contribution in [-0.4, -0.2) is 18.1 Å². The summed E-state index contributed by atoms with van der Waals surface area (Å²) in [6.07, 6.45) is 1.76. The monoisotopic (exact) mass is 238 g/mol. The van der Waals surface area contributed by atoms with Crippen LogP contribution in [0, 0.1) is 0 Å². The molecule has 0 bridgehead atoms. The highest BCUT2D eigenvalue weighted by molar-refractivity contribution is 8.19. The second-order valence-corrected chi connectivity index (χ2v) is 5.97. The number of hydrogen-bond donors (Lipinski definition) is 0. The maximum Gasteiger partial charge on any atom is 0.119 e. The molecule has 1 aliphatic rings. The fraction of sp³-hybridized carbons (Fsp3) is 0.333. The lowest BCUT2D eigenvalue weighted by Crippen LogP contribution is -1.93. The van der Waals surface area contributed by atoms with Gasteiger partial charge in [0.15, 0.2) is 0 Å². The van der Waals surface area contributed by atoms with E-state index >= 15 is 0 Å². The topological polar surface area (TPSA) is 9.23 Å². The van der Waals surface area contributed by atoms with Crippen LogP contribution in [0.3, 0.4) is 0 Å². The summed E-state index contributed by atoms with van der Waals surface area (Å²) in [5, 5.41) is 0. The molecule has 1 aromatic rings. The summed E-state index contributed by atoms with van der Waals surface area (Å²) in [5.41, 5.74) is 1.40. The summed E-state index contributed by atoms with van der Waals surface area (Å²) >= 11 is 4.05. The summed E-state index contributed by atoms with van der Waals surface area (Å²) in [6.45, 7) is 4.20. The third-order valence-corrected chi connectivity index (χ3v) is 5.25. The quantitative estimate of drug-likeness (QED) is 0.740. The van der Waals surface area contributed by atoms with Crippen molar-refractivity contribution in [3.63, 3.8) is 0 Å². The molecule has 0 atom stereocenters. The smallest absolute Gasteiger partial charge is 0.119 e. The molecule has 0 unspecified atom stereocenters. The molecule has 0 spiro atoms. The van der Waals surface area contributed by atoms with E-state index in [9.17, 15) is 0 Å². The van der Waals surface area contributed by atoms with Gasteiger partial charge < -0.3 is 4.74 Å². The Morgan fingerprint density at radius 1 is 1.27 bits per heavy atom. The Morgan fingerprint density at radius 3 is 2.53 bits per heavy atom. The van der Waals surface area contributed by atoms with Gasteiger partial charge in [0.1, 0.15) is 12.4 Å². The number of hydrogen-bond acceptors (Lipinski definition) is 3. The zero-order chi connectivity index (χ0) is 10.5. The van der Waals surface area contributed by atoms with E-state index in [4.69, 9.17) is 4.74 Å². The summed E-state index contributed by atoms with van der Waals surface area (Å²) in [6, 6.07) is 8.40. The fourth-order valence-corrected chi connectivity index (χ4v) is 4.29. The lowest BCUT2D eigenvalue weighted by atomic mass is 10.2. The molecule has 0 radical (unpaired) electrons. The van der Waals surface area contributed by atoms with Crippen LogP contribution in [0.2, 0.25) is 0 Å². The van der Waals surface area contributed by atoms with Crippen LogP contribution in [0.1, 0.15) is 10.1 Å². The highest BCUT2D eigenvalue weighted by Crippen LogP contribution is 2.45. The van der Waals surface area contributed by atoms with Gasteiger partial charge in [-0.15, -0.1) is 23.5 Å². The predicted molar refractivity (Wildman–Crippen MR) is 69.8 cm³/mol. The van der Waals surface area contributed by atoms with Crippen LogP contribution in [0.4, 0.5) is 0 Å². The molecule has 0 saturated carbocycles. The SMILES string of the molecule is C=CCOc1ccc(C2SCCS2)cc1. The summed E-state index contributed by atoms with van der Waals surface area (Å²) in [4.78, 5) is 0. The highest BCUT2D eigenvalue weighted by Gasteiger charge is 2.17. The molecule has 0 aromatic heterocycles. The van der Waals surface area contributed by atoms with Gasteiger partial charge in [-0.3, -0.25) is 0 Å². The van der Waals surface area contributed by atoms with Crippen molar-refractivity contribution in [2.24, 2.45) is 0 Å². The molecule has 0 aliphatic carbocycles. The lowest BCUT2D eigenvalue weighted by molar-refractivity contribution is 0.363. The second-order valence-electron chi connectivity index (χ2n) is 3.24. The Labute approximate surface area is 99.3 Å². The molecule has 15 heavy (non-hydrogen) atoms. The van der Waals surface area contributed by atoms with E-state index in [2.05, 4.69) is 18.7 Å². The third-order valence-electron chi connectivity index (χ3n) is 2.14. The van der Waals surface area contributed by atoms with Gasteiger partial charge >= 0.3 is 0 Å². The number of ether oxygens (including phenoxy) is 1. The lowest BCUT2D eigenvalue weighted by Gasteiger charge is -2.09. The van der Waals surface area contributed by atoms with Crippen molar-refractivity contribution in [1.82, 2.24) is 0 Å². The number of thioether (sulfide) groups is 2. The first-order valence-corrected chi connectivity index (χ1v) is 7.07. The van der Waals surface area contributed by atoms with Gasteiger partial charge in [-0.05, 0) is 17.7 Å². The molecular weight excluding hydrogens is 224 g/mol. The number of rotatable bonds is 4. The third kappa shape index (κ3) is 2.95. The number of benzene rings is 1. The Hall–Kier alpha value is -0.540. The average Bonchev–Trinajstić information content (AvgIpc) is 2.80. The normalized spacial score (nSPS) is 16.5. The Morgan fingerprint density at radius 2 is 1.93 bits per heavy atom. The fourth-order valence-electron chi connectivity index (χ4n) is 1.43. The first-order chi connectivity index (χ1) is 7.40. The minimum Gasteiger partial charge on any atom is -0.490 e. The second kappa shape index (κ2) is 5.52. The van der Waals surface area contributed by atoms with E-state index in [0.29, 0.717) is 11.2 Å². The van der Waals surface area contributed by atoms with E-state index in [-0.39, 0.29) is 0 Å². The Kier molecular flexibility index (Phi) is 4.03. The standard InChI is InChI=1S/C12H14OS2/c1-2-7-13-11-5-3-10(4-6-11)12-14-8-9-15-12/h2-6,12H,1,7-9H2. The predicted octanol–water partition coefficient (Wildman–Crippen LogP) is 3.73. The van der Waals surface area contributed by atoms with Gasteiger partial charge in [-0.25, -0.2) is 0 Å². The van der Waals surface area contributed by atoms with Gasteiger partial charge in [0.2, 0.25) is 0 Å². The van der Waals surface area contributed by atoms with E-state index < -0.39 is 0 Å². The molecule has 0 N–H and O–H groups in total. The van der Waals surface area contributed by atoms with E-state index in [1.165, 1.54) is 17.1 Å². The van der Waals surface area contributed by atoms with Gasteiger partial charge in [-0.2, -0.15) is 0 Å². The molecule has 1 aliphatic heterocycles. The molecule has 1 aromatic carbocycles. The zero-order valence-electron chi connectivity index (χ0n) is 8.52. The molecule has 80 valence electrons. The van der Waals surface area contributed by atoms with Crippen LogP contribution in [-0.2, 0) is 0 Å². The van der Waals surface area contributed by atoms with Crippen LogP contribution in [0.5, 0.6) is 5.75 Å². The van der Waals surface area contributed by atoms with Crippen molar-refractivity contribution >= 4 is 23.5 Å². The highest BCUT2D eigenvalue weighted by atomic mass is 32.2. The van der Waals surface area contributed by atoms with Crippen molar-refractivity contribution < 1.29 is 4.74 Å². The van der Waals surface area contributed by atoms with Gasteiger partial charge in [0, 0.05) is 11.5 Å². The largest absolute Gasteiger partial charge is 0.490 e. The van der Waals surface area contributed by atoms with Crippen molar-refractivity contribution in [2.45, 2.75) is 4.58 Å². The van der Waals surface area contributed by atoms with E-state index in [0.717, 1.165) is 5.75 Å². The van der Waals surface area contributed by atoms with Crippen LogP contribution in [0.15, 0.2) is 36.9 Å². The van der Waals surface area contributed by atoms with Gasteiger partial charge in [-0.1, -0.05) is 24.8 Å². The maximum atomic E-state index is 5.44. The molecule has 3 heteroatoms. The molecule has 1 heterocycles. The summed E-state index contributed by atoms with van der Waals surface area (Å²) in [7, 11) is 0. The summed E-state index contributed by atoms with van der Waals surface area (Å²) in [5.74, 6) is 3.46. The maximum absolute atomic E-state index is 5.44. The van der Waals surface area contributed by atoms with Crippen molar-refractivity contribution in [1.29, 1.82) is 0 Å². The van der Waals surface area contributed by atoms with E-state index in [1.807, 2.05) is 35.7 Å². The molecule has 1 saturated heterocycles. The van der Waals surface area contributed by atoms with Gasteiger partial charge in [0.25, 0.3) is 0 Å². The van der Waals surface area contributed by atoms with Crippen LogP contribution in [0.25, 0.3) is 0 Å². The van der Waals surface area contributed by atoms with Crippen molar-refractivity contribution in [3.8, 4) is 5.75 Å². The Bertz CT molecular complexity index is 315. The van der Waals surface area contributed by atoms with Crippen LogP contribution >= 0.6 is 23.5 Å². The van der Waals surface area contributed by atoms with Gasteiger partial charge in [0.05, 0.1) is 4.58 Å². The minimum atomic E-state index is 0.576. The molecule has 1 nitrogen and oxygen atoms in total. The molecular formula is C12H14OS2. The first-order valence-electron chi connectivity index (χ1n) is 4.97. The zero-order valence-corrected chi connectivity index (χ0v) is 10.2. The van der Waals surface area contributed by atoms with Crippen LogP contribution < -0.4 is 4.74 Å². The van der Waals surface area contributed by atoms with E-state index in [1.54, 1.807) is 6.08 Å². The average molecular weight is 238 g/mol. The Balaban J connectivity index is 1.99. The van der Waals surface area contributed by atoms with Crippen molar-refractivity contribution in [2.75, 3.05) is 18.1 Å². The molecule has 2 rings (SSSR count). The molecule has 1 fully saturated rings. The molecule has 0 amide bonds. The van der Waals surface area contributed by atoms with Crippen molar-refractivity contribution in [3.05, 3.63) is 42.5 Å². The summed E-state index contributed by atoms with van der Waals surface area (Å²) < 4.78 is 6.06. The minimum absolute atomic E-state index is 0.576.